The number of nitrogens with zero attached hydrogens (tertiary/aromatic N) is 3. The first-order valence-electron chi connectivity index (χ1n) is 7.36. The highest BCUT2D eigenvalue weighted by molar-refractivity contribution is 7.13. The Hall–Kier alpha value is -3.04. The summed E-state index contributed by atoms with van der Waals surface area (Å²) in [5, 5.41) is 14.4. The van der Waals surface area contributed by atoms with Crippen LogP contribution in [0.5, 0.6) is 0 Å². The maximum atomic E-state index is 12.1. The molecular formula is C18H14N4OS. The summed E-state index contributed by atoms with van der Waals surface area (Å²) in [6, 6.07) is 14.9. The van der Waals surface area contributed by atoms with E-state index >= 15 is 0 Å². The molecule has 0 spiro atoms. The highest BCUT2D eigenvalue weighted by Gasteiger charge is 2.09. The SMILES string of the molecule is N#Cc1cccc(CNC(=O)Cc2csc(-c3ccccn3)n2)c1. The minimum absolute atomic E-state index is 0.102. The predicted molar refractivity (Wildman–Crippen MR) is 92.1 cm³/mol. The van der Waals surface area contributed by atoms with Crippen LogP contribution in [0.1, 0.15) is 16.8 Å². The molecule has 2 aromatic heterocycles. The number of pyridine rings is 1. The van der Waals surface area contributed by atoms with Crippen molar-refractivity contribution < 1.29 is 4.79 Å². The summed E-state index contributed by atoms with van der Waals surface area (Å²) in [7, 11) is 0. The average molecular weight is 334 g/mol. The fourth-order valence-corrected chi connectivity index (χ4v) is 2.97. The Morgan fingerprint density at radius 1 is 1.25 bits per heavy atom. The van der Waals surface area contributed by atoms with Gasteiger partial charge >= 0.3 is 0 Å². The second-order valence-corrected chi connectivity index (χ2v) is 5.98. The lowest BCUT2D eigenvalue weighted by atomic mass is 10.1. The number of nitrogens with one attached hydrogen (secondary N) is 1. The molecule has 24 heavy (non-hydrogen) atoms. The largest absolute Gasteiger partial charge is 0.352 e. The van der Waals surface area contributed by atoms with E-state index in [1.54, 1.807) is 24.4 Å². The molecule has 1 aromatic carbocycles. The van der Waals surface area contributed by atoms with E-state index < -0.39 is 0 Å². The highest BCUT2D eigenvalue weighted by Crippen LogP contribution is 2.21. The average Bonchev–Trinajstić information content (AvgIpc) is 3.09. The van der Waals surface area contributed by atoms with Crippen LogP contribution in [0.15, 0.2) is 54.0 Å². The summed E-state index contributed by atoms with van der Waals surface area (Å²) in [5.41, 5.74) is 3.02. The molecule has 0 saturated heterocycles. The van der Waals surface area contributed by atoms with Gasteiger partial charge in [-0.2, -0.15) is 5.26 Å². The smallest absolute Gasteiger partial charge is 0.226 e. The van der Waals surface area contributed by atoms with Crippen molar-refractivity contribution in [2.75, 3.05) is 0 Å². The maximum Gasteiger partial charge on any atom is 0.226 e. The first-order chi connectivity index (χ1) is 11.7. The third-order valence-electron chi connectivity index (χ3n) is 3.32. The number of carbonyl (C=O) groups is 1. The van der Waals surface area contributed by atoms with Crippen molar-refractivity contribution in [3.05, 3.63) is 70.9 Å². The number of rotatable bonds is 5. The van der Waals surface area contributed by atoms with Gasteiger partial charge in [0.1, 0.15) is 5.01 Å². The monoisotopic (exact) mass is 334 g/mol. The van der Waals surface area contributed by atoms with Gasteiger partial charge in [0.05, 0.1) is 29.4 Å². The van der Waals surface area contributed by atoms with Gasteiger partial charge in [0.2, 0.25) is 5.91 Å². The molecule has 0 radical (unpaired) electrons. The van der Waals surface area contributed by atoms with Gasteiger partial charge in [-0.05, 0) is 29.8 Å². The number of nitriles is 1. The minimum Gasteiger partial charge on any atom is -0.352 e. The summed E-state index contributed by atoms with van der Waals surface area (Å²) in [4.78, 5) is 20.8. The number of carbonyl (C=O) groups excluding carboxylic acids is 1. The van der Waals surface area contributed by atoms with E-state index in [1.165, 1.54) is 11.3 Å². The topological polar surface area (TPSA) is 78.7 Å². The van der Waals surface area contributed by atoms with Gasteiger partial charge in [0.25, 0.3) is 0 Å². The van der Waals surface area contributed by atoms with Crippen LogP contribution < -0.4 is 5.32 Å². The first-order valence-corrected chi connectivity index (χ1v) is 8.24. The molecule has 0 aliphatic rings. The Labute approximate surface area is 143 Å². The van der Waals surface area contributed by atoms with Crippen molar-refractivity contribution >= 4 is 17.2 Å². The van der Waals surface area contributed by atoms with Crippen molar-refractivity contribution in [3.63, 3.8) is 0 Å². The Bertz CT molecular complexity index is 883. The molecule has 0 bridgehead atoms. The number of amides is 1. The number of hydrogen-bond donors (Lipinski definition) is 1. The van der Waals surface area contributed by atoms with Gasteiger partial charge in [-0.3, -0.25) is 9.78 Å². The van der Waals surface area contributed by atoms with E-state index in [2.05, 4.69) is 21.4 Å². The zero-order valence-electron chi connectivity index (χ0n) is 12.8. The van der Waals surface area contributed by atoms with Crippen LogP contribution in [0, 0.1) is 11.3 Å². The lowest BCUT2D eigenvalue weighted by Crippen LogP contribution is -2.24. The van der Waals surface area contributed by atoms with Gasteiger partial charge in [-0.1, -0.05) is 18.2 Å². The van der Waals surface area contributed by atoms with Gasteiger partial charge in [0.15, 0.2) is 0 Å². The number of thiazole rings is 1. The standard InChI is InChI=1S/C18H14N4OS/c19-10-13-4-3-5-14(8-13)11-21-17(23)9-15-12-24-18(22-15)16-6-1-2-7-20-16/h1-8,12H,9,11H2,(H,21,23). The molecule has 0 aliphatic carbocycles. The molecule has 1 N–H and O–H groups in total. The molecular weight excluding hydrogens is 320 g/mol. The van der Waals surface area contributed by atoms with Crippen molar-refractivity contribution in [2.45, 2.75) is 13.0 Å². The van der Waals surface area contributed by atoms with Crippen molar-refractivity contribution in [1.29, 1.82) is 5.26 Å². The van der Waals surface area contributed by atoms with E-state index in [4.69, 9.17) is 5.26 Å². The number of aromatic nitrogens is 2. The number of hydrogen-bond acceptors (Lipinski definition) is 5. The fourth-order valence-electron chi connectivity index (χ4n) is 2.17. The lowest BCUT2D eigenvalue weighted by molar-refractivity contribution is -0.120. The Kier molecular flexibility index (Phi) is 4.94. The highest BCUT2D eigenvalue weighted by atomic mass is 32.1. The summed E-state index contributed by atoms with van der Waals surface area (Å²) in [5.74, 6) is -0.102. The number of benzene rings is 1. The summed E-state index contributed by atoms with van der Waals surface area (Å²) in [6.45, 7) is 0.394. The summed E-state index contributed by atoms with van der Waals surface area (Å²) < 4.78 is 0. The van der Waals surface area contributed by atoms with E-state index in [0.29, 0.717) is 12.1 Å². The molecule has 0 unspecified atom stereocenters. The van der Waals surface area contributed by atoms with Crippen LogP contribution in [0.25, 0.3) is 10.7 Å². The van der Waals surface area contributed by atoms with Crippen LogP contribution in [0.3, 0.4) is 0 Å². The molecule has 3 aromatic rings. The van der Waals surface area contributed by atoms with Gasteiger partial charge < -0.3 is 5.32 Å². The molecule has 118 valence electrons. The molecule has 3 rings (SSSR count). The molecule has 0 saturated carbocycles. The Morgan fingerprint density at radius 3 is 2.96 bits per heavy atom. The molecule has 1 amide bonds. The van der Waals surface area contributed by atoms with Crippen LogP contribution in [-0.4, -0.2) is 15.9 Å². The van der Waals surface area contributed by atoms with E-state index in [1.807, 2.05) is 29.6 Å². The van der Waals surface area contributed by atoms with Gasteiger partial charge in [-0.15, -0.1) is 11.3 Å². The second-order valence-electron chi connectivity index (χ2n) is 5.12. The Balaban J connectivity index is 1.57. The first kappa shape index (κ1) is 15.8. The van der Waals surface area contributed by atoms with Crippen LogP contribution >= 0.6 is 11.3 Å². The Morgan fingerprint density at radius 2 is 2.17 bits per heavy atom. The third kappa shape index (κ3) is 4.03. The third-order valence-corrected chi connectivity index (χ3v) is 4.24. The quantitative estimate of drug-likeness (QED) is 0.778. The second kappa shape index (κ2) is 7.49. The summed E-state index contributed by atoms with van der Waals surface area (Å²) in [6.07, 6.45) is 1.94. The van der Waals surface area contributed by atoms with E-state index in [9.17, 15) is 4.79 Å². The fraction of sp³-hybridized carbons (Fsp3) is 0.111. The van der Waals surface area contributed by atoms with Crippen molar-refractivity contribution in [2.24, 2.45) is 0 Å². The van der Waals surface area contributed by atoms with Crippen LogP contribution in [0.4, 0.5) is 0 Å². The predicted octanol–water partition coefficient (Wildman–Crippen LogP) is 2.94. The van der Waals surface area contributed by atoms with E-state index in [0.717, 1.165) is 22.0 Å². The molecule has 0 aliphatic heterocycles. The zero-order chi connectivity index (χ0) is 16.8. The van der Waals surface area contributed by atoms with Crippen LogP contribution in [0.2, 0.25) is 0 Å². The molecule has 6 heteroatoms. The zero-order valence-corrected chi connectivity index (χ0v) is 13.6. The minimum atomic E-state index is -0.102. The molecule has 0 fully saturated rings. The summed E-state index contributed by atoms with van der Waals surface area (Å²) >= 11 is 1.47. The maximum absolute atomic E-state index is 12.1. The van der Waals surface area contributed by atoms with E-state index in [-0.39, 0.29) is 12.3 Å². The van der Waals surface area contributed by atoms with Crippen LogP contribution in [-0.2, 0) is 17.8 Å². The normalized spacial score (nSPS) is 10.1. The molecule has 5 nitrogen and oxygen atoms in total. The molecule has 2 heterocycles. The lowest BCUT2D eigenvalue weighted by Gasteiger charge is -2.04. The van der Waals surface area contributed by atoms with Crippen molar-refractivity contribution in [3.8, 4) is 16.8 Å². The van der Waals surface area contributed by atoms with Crippen molar-refractivity contribution in [1.82, 2.24) is 15.3 Å². The van der Waals surface area contributed by atoms with Gasteiger partial charge in [-0.25, -0.2) is 4.98 Å². The van der Waals surface area contributed by atoms with Gasteiger partial charge in [0, 0.05) is 18.1 Å². The molecule has 0 atom stereocenters.